The molecular weight excluding hydrogens is 440 g/mol. The van der Waals surface area contributed by atoms with Crippen molar-refractivity contribution in [3.8, 4) is 0 Å². The number of carboxylic acid groups (broad SMARTS) is 2. The van der Waals surface area contributed by atoms with Crippen molar-refractivity contribution in [3.05, 3.63) is 0 Å². The van der Waals surface area contributed by atoms with Crippen LogP contribution < -0.4 is 33.2 Å². The number of carbonyl (C=O) groups excluding carboxylic acids is 3. The molecule has 0 aromatic carbocycles. The van der Waals surface area contributed by atoms with Gasteiger partial charge in [0.05, 0.1) is 19.1 Å². The Balaban J connectivity index is 5.19. The molecule has 0 saturated carbocycles. The number of nitrogens with one attached hydrogen (secondary N) is 3. The van der Waals surface area contributed by atoms with Crippen LogP contribution in [-0.4, -0.2) is 88.8 Å². The first-order valence-corrected chi connectivity index (χ1v) is 10.7. The van der Waals surface area contributed by atoms with E-state index in [0.717, 1.165) is 0 Å². The zero-order chi connectivity index (χ0) is 25.4. The molecule has 0 rings (SSSR count). The van der Waals surface area contributed by atoms with Gasteiger partial charge in [-0.15, -0.1) is 0 Å². The maximum Gasteiger partial charge on any atom is 0.326 e. The lowest BCUT2D eigenvalue weighted by Gasteiger charge is -2.24. The maximum absolute atomic E-state index is 12.7. The minimum atomic E-state index is -1.76. The van der Waals surface area contributed by atoms with Crippen molar-refractivity contribution < 1.29 is 39.3 Å². The molecule has 0 radical (unpaired) electrons. The molecule has 3 amide bonds. The number of aliphatic hydroxyl groups is 1. The van der Waals surface area contributed by atoms with Gasteiger partial charge in [0, 0.05) is 0 Å². The normalized spacial score (nSPS) is 14.4. The summed E-state index contributed by atoms with van der Waals surface area (Å²) in [6.45, 7) is -0.0694. The van der Waals surface area contributed by atoms with Crippen LogP contribution in [0.15, 0.2) is 0 Å². The summed E-state index contributed by atoms with van der Waals surface area (Å²) in [5.41, 5.74) is 16.7. The van der Waals surface area contributed by atoms with E-state index >= 15 is 0 Å². The van der Waals surface area contributed by atoms with Crippen LogP contribution in [0.2, 0.25) is 0 Å². The lowest BCUT2D eigenvalue weighted by atomic mass is 10.1. The van der Waals surface area contributed by atoms with Crippen molar-refractivity contribution in [2.24, 2.45) is 17.2 Å². The Morgan fingerprint density at radius 1 is 0.697 bits per heavy atom. The predicted octanol–water partition coefficient (Wildman–Crippen LogP) is -3.42. The first-order chi connectivity index (χ1) is 15.6. The Hall–Kier alpha value is -2.81. The fraction of sp³-hybridized carbons (Fsp3) is 0.737. The summed E-state index contributed by atoms with van der Waals surface area (Å²) in [6.07, 6.45) is 2.02. The summed E-state index contributed by atoms with van der Waals surface area (Å²) in [5.74, 6) is -5.52. The van der Waals surface area contributed by atoms with Gasteiger partial charge in [-0.3, -0.25) is 19.2 Å². The van der Waals surface area contributed by atoms with Gasteiger partial charge in [0.25, 0.3) is 0 Å². The average Bonchev–Trinajstić information content (AvgIpc) is 2.75. The molecule has 14 nitrogen and oxygen atoms in total. The smallest absolute Gasteiger partial charge is 0.326 e. The molecule has 0 saturated heterocycles. The van der Waals surface area contributed by atoms with Crippen molar-refractivity contribution >= 4 is 29.7 Å². The minimum Gasteiger partial charge on any atom is -0.481 e. The van der Waals surface area contributed by atoms with E-state index < -0.39 is 66.9 Å². The second kappa shape index (κ2) is 16.8. The van der Waals surface area contributed by atoms with Gasteiger partial charge in [-0.2, -0.15) is 0 Å². The summed E-state index contributed by atoms with van der Waals surface area (Å²) in [5, 5.41) is 34.0. The van der Waals surface area contributed by atoms with Gasteiger partial charge in [0.1, 0.15) is 18.1 Å². The SMILES string of the molecule is NCCCCC(N)C(=O)NC(CCCCN)C(=O)NC(CO)C(=O)NC(CC(=O)O)C(=O)O. The molecule has 0 heterocycles. The molecule has 190 valence electrons. The number of nitrogens with two attached hydrogens (primary N) is 3. The number of aliphatic carboxylic acids is 2. The molecule has 0 bridgehead atoms. The number of hydrogen-bond acceptors (Lipinski definition) is 9. The van der Waals surface area contributed by atoms with Crippen LogP contribution in [0.5, 0.6) is 0 Å². The average molecular weight is 477 g/mol. The summed E-state index contributed by atoms with van der Waals surface area (Å²) >= 11 is 0. The largest absolute Gasteiger partial charge is 0.481 e. The van der Waals surface area contributed by atoms with Crippen LogP contribution >= 0.6 is 0 Å². The van der Waals surface area contributed by atoms with Crippen molar-refractivity contribution in [1.29, 1.82) is 0 Å². The first-order valence-electron chi connectivity index (χ1n) is 10.7. The molecule has 0 spiro atoms. The van der Waals surface area contributed by atoms with Crippen LogP contribution in [0, 0.1) is 0 Å². The van der Waals surface area contributed by atoms with Crippen molar-refractivity contribution in [2.75, 3.05) is 19.7 Å². The van der Waals surface area contributed by atoms with Gasteiger partial charge in [0.15, 0.2) is 0 Å². The Morgan fingerprint density at radius 3 is 1.67 bits per heavy atom. The number of carbonyl (C=O) groups is 5. The van der Waals surface area contributed by atoms with E-state index in [4.69, 9.17) is 27.4 Å². The third kappa shape index (κ3) is 12.7. The lowest BCUT2D eigenvalue weighted by Crippen LogP contribution is -2.58. The molecule has 14 heteroatoms. The lowest BCUT2D eigenvalue weighted by molar-refractivity contribution is -0.147. The van der Waals surface area contributed by atoms with E-state index in [1.54, 1.807) is 0 Å². The van der Waals surface area contributed by atoms with E-state index in [0.29, 0.717) is 45.2 Å². The molecule has 4 atom stereocenters. The number of aliphatic hydroxyl groups excluding tert-OH is 1. The van der Waals surface area contributed by atoms with E-state index in [1.165, 1.54) is 0 Å². The molecular formula is C19H36N6O8. The first kappa shape index (κ1) is 30.2. The summed E-state index contributed by atoms with van der Waals surface area (Å²) in [4.78, 5) is 59.3. The Kier molecular flexibility index (Phi) is 15.3. The van der Waals surface area contributed by atoms with Gasteiger partial charge in [-0.25, -0.2) is 4.79 Å². The fourth-order valence-electron chi connectivity index (χ4n) is 2.79. The zero-order valence-electron chi connectivity index (χ0n) is 18.5. The molecule has 4 unspecified atom stereocenters. The number of hydrogen-bond donors (Lipinski definition) is 9. The second-order valence-corrected chi connectivity index (χ2v) is 7.48. The molecule has 12 N–H and O–H groups in total. The maximum atomic E-state index is 12.7. The number of rotatable bonds is 18. The molecule has 0 aliphatic rings. The molecule has 0 aromatic heterocycles. The number of carboxylic acids is 2. The van der Waals surface area contributed by atoms with Gasteiger partial charge >= 0.3 is 11.9 Å². The second-order valence-electron chi connectivity index (χ2n) is 7.48. The Labute approximate surface area is 191 Å². The zero-order valence-corrected chi connectivity index (χ0v) is 18.5. The Bertz CT molecular complexity index is 662. The standard InChI is InChI=1S/C19H36N6O8/c20-7-3-1-5-11(22)16(29)23-12(6-2-4-8-21)17(30)25-14(10-26)18(31)24-13(19(32)33)9-15(27)28/h11-14,26H,1-10,20-22H2,(H,23,29)(H,24,31)(H,25,30)(H,27,28)(H,32,33). The summed E-state index contributed by atoms with van der Waals surface area (Å²) in [6, 6.07) is -5.28. The van der Waals surface area contributed by atoms with Gasteiger partial charge in [-0.1, -0.05) is 6.42 Å². The third-order valence-corrected chi connectivity index (χ3v) is 4.69. The summed E-state index contributed by atoms with van der Waals surface area (Å²) < 4.78 is 0. The predicted molar refractivity (Wildman–Crippen MR) is 117 cm³/mol. The highest BCUT2D eigenvalue weighted by molar-refractivity contribution is 5.94. The van der Waals surface area contributed by atoms with Crippen LogP contribution in [0.3, 0.4) is 0 Å². The molecule has 0 fully saturated rings. The monoisotopic (exact) mass is 476 g/mol. The molecule has 0 aliphatic carbocycles. The van der Waals surface area contributed by atoms with E-state index in [9.17, 15) is 29.1 Å². The Morgan fingerprint density at radius 2 is 1.18 bits per heavy atom. The van der Waals surface area contributed by atoms with Crippen molar-refractivity contribution in [2.45, 2.75) is 69.1 Å². The van der Waals surface area contributed by atoms with E-state index in [1.807, 2.05) is 5.32 Å². The number of unbranched alkanes of at least 4 members (excludes halogenated alkanes) is 2. The van der Waals surface area contributed by atoms with E-state index in [-0.39, 0.29) is 6.42 Å². The third-order valence-electron chi connectivity index (χ3n) is 4.69. The molecule has 33 heavy (non-hydrogen) atoms. The fourth-order valence-corrected chi connectivity index (χ4v) is 2.79. The number of amides is 3. The highest BCUT2D eigenvalue weighted by Gasteiger charge is 2.30. The van der Waals surface area contributed by atoms with Gasteiger partial charge in [0.2, 0.25) is 17.7 Å². The highest BCUT2D eigenvalue weighted by Crippen LogP contribution is 2.05. The van der Waals surface area contributed by atoms with Gasteiger partial charge < -0.3 is 48.5 Å². The highest BCUT2D eigenvalue weighted by atomic mass is 16.4. The minimum absolute atomic E-state index is 0.181. The van der Waals surface area contributed by atoms with Crippen molar-refractivity contribution in [1.82, 2.24) is 16.0 Å². The molecule has 0 aromatic rings. The van der Waals surface area contributed by atoms with E-state index in [2.05, 4.69) is 10.6 Å². The topological polar surface area (TPSA) is 260 Å². The van der Waals surface area contributed by atoms with Crippen LogP contribution in [0.4, 0.5) is 0 Å². The van der Waals surface area contributed by atoms with Crippen LogP contribution in [0.25, 0.3) is 0 Å². The van der Waals surface area contributed by atoms with Crippen molar-refractivity contribution in [3.63, 3.8) is 0 Å². The van der Waals surface area contributed by atoms with Gasteiger partial charge in [-0.05, 0) is 45.2 Å². The summed E-state index contributed by atoms with van der Waals surface area (Å²) in [7, 11) is 0. The van der Waals surface area contributed by atoms with Crippen LogP contribution in [0.1, 0.15) is 44.9 Å². The molecule has 0 aliphatic heterocycles. The van der Waals surface area contributed by atoms with Crippen LogP contribution in [-0.2, 0) is 24.0 Å². The quantitative estimate of drug-likeness (QED) is 0.0879.